The second-order valence-electron chi connectivity index (χ2n) is 5.14. The molecule has 0 saturated carbocycles. The van der Waals surface area contributed by atoms with Crippen LogP contribution in [0.5, 0.6) is 0 Å². The smallest absolute Gasteiger partial charge is 0.102 e. The van der Waals surface area contributed by atoms with Gasteiger partial charge < -0.3 is 10.1 Å². The van der Waals surface area contributed by atoms with Gasteiger partial charge in [0.25, 0.3) is 0 Å². The first kappa shape index (κ1) is 12.2. The molecule has 0 bridgehead atoms. The third-order valence-electron chi connectivity index (χ3n) is 4.02. The van der Waals surface area contributed by atoms with Crippen LogP contribution < -0.4 is 5.73 Å². The van der Waals surface area contributed by atoms with Gasteiger partial charge in [0.05, 0.1) is 11.1 Å². The number of rotatable bonds is 3. The molecule has 0 radical (unpaired) electrons. The summed E-state index contributed by atoms with van der Waals surface area (Å²) in [6.45, 7) is 2.61. The lowest BCUT2D eigenvalue weighted by Crippen LogP contribution is -2.34. The van der Waals surface area contributed by atoms with Crippen molar-refractivity contribution in [3.8, 4) is 6.07 Å². The van der Waals surface area contributed by atoms with E-state index < -0.39 is 0 Å². The molecule has 0 spiro atoms. The van der Waals surface area contributed by atoms with Crippen LogP contribution in [0.25, 0.3) is 5.52 Å². The van der Waals surface area contributed by atoms with Crippen molar-refractivity contribution in [2.75, 3.05) is 13.1 Å². The molecule has 98 valence electrons. The first-order chi connectivity index (χ1) is 9.33. The van der Waals surface area contributed by atoms with Gasteiger partial charge in [0.1, 0.15) is 6.07 Å². The summed E-state index contributed by atoms with van der Waals surface area (Å²) in [4.78, 5) is 2.40. The summed E-state index contributed by atoms with van der Waals surface area (Å²) in [6, 6.07) is 8.76. The Morgan fingerprint density at radius 2 is 2.32 bits per heavy atom. The van der Waals surface area contributed by atoms with E-state index in [-0.39, 0.29) is 0 Å². The standard InChI is InChI=1S/C15H18N4/c16-8-13-4-3-7-18(13)10-12-11-19-6-2-1-5-15(19)14(12)9-17/h1-2,5-6,11,13H,3-4,7-8,10,16H2. The van der Waals surface area contributed by atoms with Crippen molar-refractivity contribution < 1.29 is 0 Å². The molecule has 1 atom stereocenters. The van der Waals surface area contributed by atoms with Crippen LogP contribution in [0.2, 0.25) is 0 Å². The Labute approximate surface area is 113 Å². The highest BCUT2D eigenvalue weighted by Gasteiger charge is 2.24. The Morgan fingerprint density at radius 1 is 1.42 bits per heavy atom. The molecule has 0 amide bonds. The average molecular weight is 254 g/mol. The number of hydrogen-bond acceptors (Lipinski definition) is 3. The van der Waals surface area contributed by atoms with Gasteiger partial charge in [-0.1, -0.05) is 6.07 Å². The molecule has 4 heteroatoms. The normalized spacial score (nSPS) is 19.9. The lowest BCUT2D eigenvalue weighted by Gasteiger charge is -2.22. The molecule has 2 aromatic heterocycles. The molecule has 3 rings (SSSR count). The number of nitrogens with zero attached hydrogens (tertiary/aromatic N) is 3. The predicted molar refractivity (Wildman–Crippen MR) is 74.6 cm³/mol. The Hall–Kier alpha value is -1.83. The van der Waals surface area contributed by atoms with Crippen molar-refractivity contribution in [2.45, 2.75) is 25.4 Å². The maximum atomic E-state index is 9.40. The van der Waals surface area contributed by atoms with E-state index in [1.165, 1.54) is 12.8 Å². The monoisotopic (exact) mass is 254 g/mol. The number of nitrogens with two attached hydrogens (primary N) is 1. The molecule has 2 aromatic rings. The maximum Gasteiger partial charge on any atom is 0.102 e. The van der Waals surface area contributed by atoms with Gasteiger partial charge in [-0.2, -0.15) is 5.26 Å². The summed E-state index contributed by atoms with van der Waals surface area (Å²) in [5.41, 5.74) is 8.70. The molecule has 4 nitrogen and oxygen atoms in total. The summed E-state index contributed by atoms with van der Waals surface area (Å²) in [5.74, 6) is 0. The zero-order valence-electron chi connectivity index (χ0n) is 10.9. The molecular weight excluding hydrogens is 236 g/mol. The molecule has 1 unspecified atom stereocenters. The van der Waals surface area contributed by atoms with Crippen LogP contribution >= 0.6 is 0 Å². The topological polar surface area (TPSA) is 57.5 Å². The minimum absolute atomic E-state index is 0.467. The van der Waals surface area contributed by atoms with Crippen LogP contribution in [-0.4, -0.2) is 28.4 Å². The second kappa shape index (κ2) is 5.04. The zero-order valence-corrected chi connectivity index (χ0v) is 10.9. The predicted octanol–water partition coefficient (Wildman–Crippen LogP) is 1.73. The van der Waals surface area contributed by atoms with E-state index in [9.17, 15) is 5.26 Å². The van der Waals surface area contributed by atoms with Gasteiger partial charge in [-0.3, -0.25) is 4.90 Å². The Balaban J connectivity index is 1.95. The summed E-state index contributed by atoms with van der Waals surface area (Å²) < 4.78 is 2.03. The number of likely N-dealkylation sites (tertiary alicyclic amines) is 1. The fraction of sp³-hybridized carbons (Fsp3) is 0.400. The first-order valence-electron chi connectivity index (χ1n) is 6.76. The Bertz CT molecular complexity index is 623. The third kappa shape index (κ3) is 2.12. The summed E-state index contributed by atoms with van der Waals surface area (Å²) in [5, 5.41) is 9.40. The van der Waals surface area contributed by atoms with Gasteiger partial charge in [-0.25, -0.2) is 0 Å². The molecule has 1 fully saturated rings. The summed E-state index contributed by atoms with van der Waals surface area (Å²) in [6.07, 6.45) is 6.44. The highest BCUT2D eigenvalue weighted by atomic mass is 15.2. The van der Waals surface area contributed by atoms with Crippen molar-refractivity contribution in [1.82, 2.24) is 9.30 Å². The van der Waals surface area contributed by atoms with Gasteiger partial charge in [0, 0.05) is 37.1 Å². The minimum atomic E-state index is 0.467. The number of hydrogen-bond donors (Lipinski definition) is 1. The minimum Gasteiger partial charge on any atom is -0.329 e. The summed E-state index contributed by atoms with van der Waals surface area (Å²) in [7, 11) is 0. The highest BCUT2D eigenvalue weighted by molar-refractivity contribution is 5.65. The molecule has 0 aliphatic carbocycles. The van der Waals surface area contributed by atoms with Gasteiger partial charge in [-0.15, -0.1) is 0 Å². The number of nitriles is 1. The molecular formula is C15H18N4. The quantitative estimate of drug-likeness (QED) is 0.907. The van der Waals surface area contributed by atoms with Crippen LogP contribution in [-0.2, 0) is 6.54 Å². The van der Waals surface area contributed by atoms with E-state index in [0.29, 0.717) is 12.6 Å². The molecule has 19 heavy (non-hydrogen) atoms. The van der Waals surface area contributed by atoms with Crippen LogP contribution in [0, 0.1) is 11.3 Å². The summed E-state index contributed by atoms with van der Waals surface area (Å²) >= 11 is 0. The molecule has 1 aliphatic rings. The van der Waals surface area contributed by atoms with E-state index in [1.807, 2.05) is 28.8 Å². The van der Waals surface area contributed by atoms with E-state index >= 15 is 0 Å². The molecule has 0 aromatic carbocycles. The van der Waals surface area contributed by atoms with Gasteiger partial charge >= 0.3 is 0 Å². The first-order valence-corrected chi connectivity index (χ1v) is 6.76. The maximum absolute atomic E-state index is 9.40. The Kier molecular flexibility index (Phi) is 3.24. The number of aromatic nitrogens is 1. The van der Waals surface area contributed by atoms with E-state index in [0.717, 1.165) is 29.7 Å². The fourth-order valence-electron chi connectivity index (χ4n) is 3.02. The van der Waals surface area contributed by atoms with Crippen LogP contribution in [0.3, 0.4) is 0 Å². The number of fused-ring (bicyclic) bond motifs is 1. The SMILES string of the molecule is N#Cc1c(CN2CCCC2CN)cn2ccccc12. The number of pyridine rings is 1. The lowest BCUT2D eigenvalue weighted by molar-refractivity contribution is 0.250. The van der Waals surface area contributed by atoms with Crippen LogP contribution in [0.15, 0.2) is 30.6 Å². The second-order valence-corrected chi connectivity index (χ2v) is 5.14. The van der Waals surface area contributed by atoms with Crippen molar-refractivity contribution in [3.63, 3.8) is 0 Å². The van der Waals surface area contributed by atoms with E-state index in [1.54, 1.807) is 0 Å². The highest BCUT2D eigenvalue weighted by Crippen LogP contribution is 2.23. The van der Waals surface area contributed by atoms with Crippen LogP contribution in [0.4, 0.5) is 0 Å². The van der Waals surface area contributed by atoms with Crippen molar-refractivity contribution in [3.05, 3.63) is 41.7 Å². The largest absolute Gasteiger partial charge is 0.329 e. The lowest BCUT2D eigenvalue weighted by atomic mass is 10.1. The van der Waals surface area contributed by atoms with Crippen molar-refractivity contribution in [2.24, 2.45) is 5.73 Å². The zero-order chi connectivity index (χ0) is 13.2. The molecule has 2 N–H and O–H groups in total. The molecule has 1 saturated heterocycles. The molecule has 1 aliphatic heterocycles. The van der Waals surface area contributed by atoms with Gasteiger partial charge in [0.2, 0.25) is 0 Å². The van der Waals surface area contributed by atoms with Gasteiger partial charge in [0.15, 0.2) is 0 Å². The fourth-order valence-corrected chi connectivity index (χ4v) is 3.02. The van der Waals surface area contributed by atoms with E-state index in [2.05, 4.69) is 17.2 Å². The van der Waals surface area contributed by atoms with E-state index in [4.69, 9.17) is 5.73 Å². The van der Waals surface area contributed by atoms with Crippen molar-refractivity contribution >= 4 is 5.52 Å². The van der Waals surface area contributed by atoms with Crippen molar-refractivity contribution in [1.29, 1.82) is 5.26 Å². The van der Waals surface area contributed by atoms with Crippen LogP contribution in [0.1, 0.15) is 24.0 Å². The third-order valence-corrected chi connectivity index (χ3v) is 4.02. The Morgan fingerprint density at radius 3 is 3.11 bits per heavy atom. The van der Waals surface area contributed by atoms with Gasteiger partial charge in [-0.05, 0) is 31.5 Å². The average Bonchev–Trinajstić information content (AvgIpc) is 3.02. The molecule has 3 heterocycles.